The van der Waals surface area contributed by atoms with Gasteiger partial charge in [0.25, 0.3) is 0 Å². The van der Waals surface area contributed by atoms with Crippen LogP contribution >= 0.6 is 0 Å². The molecule has 0 unspecified atom stereocenters. The van der Waals surface area contributed by atoms with E-state index in [2.05, 4.69) is 10.3 Å². The second-order valence-electron chi connectivity index (χ2n) is 4.59. The van der Waals surface area contributed by atoms with Gasteiger partial charge in [-0.15, -0.1) is 0 Å². The van der Waals surface area contributed by atoms with E-state index in [0.29, 0.717) is 12.4 Å². The first-order valence-corrected chi connectivity index (χ1v) is 6.70. The number of carboxylic acid groups (broad SMARTS) is 1. The highest BCUT2D eigenvalue weighted by Crippen LogP contribution is 2.22. The number of anilines is 1. The lowest BCUT2D eigenvalue weighted by Crippen LogP contribution is -2.08. The summed E-state index contributed by atoms with van der Waals surface area (Å²) in [6.07, 6.45) is 2.62. The van der Waals surface area contributed by atoms with Gasteiger partial charge >= 0.3 is 5.97 Å². The van der Waals surface area contributed by atoms with Gasteiger partial charge in [0.05, 0.1) is 0 Å². The van der Waals surface area contributed by atoms with Crippen molar-refractivity contribution in [1.82, 2.24) is 4.98 Å². The molecule has 1 aromatic heterocycles. The zero-order valence-electron chi connectivity index (χ0n) is 11.2. The number of aliphatic hydroxyl groups is 1. The summed E-state index contributed by atoms with van der Waals surface area (Å²) in [7, 11) is 0. The van der Waals surface area contributed by atoms with Gasteiger partial charge in [0.15, 0.2) is 5.69 Å². The summed E-state index contributed by atoms with van der Waals surface area (Å²) in [4.78, 5) is 15.3. The normalized spacial score (nSPS) is 10.7. The van der Waals surface area contributed by atoms with Crippen molar-refractivity contribution in [1.29, 1.82) is 0 Å². The lowest BCUT2D eigenvalue weighted by molar-refractivity contribution is 0.0691. The minimum atomic E-state index is -1.03. The standard InChI is InChI=1S/C15H18N2O3/c18-9-5-1-4-8-16-14-12-7-3-2-6-11(12)10-13(17-14)15(19)20/h2-3,6-7,10,18H,1,4-5,8-9H2,(H,16,17)(H,19,20). The molecule has 0 aliphatic carbocycles. The Labute approximate surface area is 117 Å². The molecule has 0 spiro atoms. The summed E-state index contributed by atoms with van der Waals surface area (Å²) in [5.74, 6) is -0.427. The third-order valence-corrected chi connectivity index (χ3v) is 3.09. The number of carboxylic acids is 1. The van der Waals surface area contributed by atoms with Crippen molar-refractivity contribution in [3.63, 3.8) is 0 Å². The number of fused-ring (bicyclic) bond motifs is 1. The lowest BCUT2D eigenvalue weighted by Gasteiger charge is -2.10. The molecular weight excluding hydrogens is 256 g/mol. The Morgan fingerprint density at radius 1 is 1.20 bits per heavy atom. The van der Waals surface area contributed by atoms with Crippen LogP contribution in [-0.2, 0) is 0 Å². The zero-order valence-corrected chi connectivity index (χ0v) is 11.2. The van der Waals surface area contributed by atoms with Crippen molar-refractivity contribution < 1.29 is 15.0 Å². The highest BCUT2D eigenvalue weighted by molar-refractivity contribution is 5.97. The van der Waals surface area contributed by atoms with Crippen LogP contribution in [0.3, 0.4) is 0 Å². The first kappa shape index (κ1) is 14.3. The Kier molecular flexibility index (Phi) is 4.90. The molecule has 106 valence electrons. The maximum Gasteiger partial charge on any atom is 0.354 e. The number of nitrogens with zero attached hydrogens (tertiary/aromatic N) is 1. The van der Waals surface area contributed by atoms with Gasteiger partial charge in [-0.2, -0.15) is 0 Å². The molecule has 20 heavy (non-hydrogen) atoms. The van der Waals surface area contributed by atoms with Crippen LogP contribution in [-0.4, -0.2) is 34.3 Å². The molecule has 0 bridgehead atoms. The number of aromatic nitrogens is 1. The van der Waals surface area contributed by atoms with Gasteiger partial charge in [0, 0.05) is 18.5 Å². The predicted octanol–water partition coefficient (Wildman–Crippen LogP) is 2.51. The molecule has 0 saturated heterocycles. The largest absolute Gasteiger partial charge is 0.477 e. The summed E-state index contributed by atoms with van der Waals surface area (Å²) >= 11 is 0. The van der Waals surface area contributed by atoms with Crippen LogP contribution in [0.15, 0.2) is 30.3 Å². The fraction of sp³-hybridized carbons (Fsp3) is 0.333. The van der Waals surface area contributed by atoms with E-state index in [4.69, 9.17) is 10.2 Å². The maximum absolute atomic E-state index is 11.1. The number of rotatable bonds is 7. The molecule has 5 heteroatoms. The van der Waals surface area contributed by atoms with E-state index in [1.165, 1.54) is 0 Å². The van der Waals surface area contributed by atoms with Crippen molar-refractivity contribution in [2.24, 2.45) is 0 Å². The van der Waals surface area contributed by atoms with E-state index >= 15 is 0 Å². The zero-order chi connectivity index (χ0) is 14.4. The molecule has 2 rings (SSSR count). The van der Waals surface area contributed by atoms with E-state index < -0.39 is 5.97 Å². The molecule has 5 nitrogen and oxygen atoms in total. The van der Waals surface area contributed by atoms with Gasteiger partial charge in [-0.05, 0) is 30.7 Å². The Hall–Kier alpha value is -2.14. The highest BCUT2D eigenvalue weighted by Gasteiger charge is 2.10. The fourth-order valence-electron chi connectivity index (χ4n) is 2.06. The van der Waals surface area contributed by atoms with Crippen LogP contribution < -0.4 is 5.32 Å². The van der Waals surface area contributed by atoms with Crippen LogP contribution in [0, 0.1) is 0 Å². The van der Waals surface area contributed by atoms with Crippen LogP contribution in [0.5, 0.6) is 0 Å². The monoisotopic (exact) mass is 274 g/mol. The van der Waals surface area contributed by atoms with Crippen molar-refractivity contribution in [3.05, 3.63) is 36.0 Å². The Morgan fingerprint density at radius 2 is 2.00 bits per heavy atom. The van der Waals surface area contributed by atoms with Crippen molar-refractivity contribution in [3.8, 4) is 0 Å². The number of hydrogen-bond acceptors (Lipinski definition) is 4. The molecule has 2 aromatic rings. The van der Waals surface area contributed by atoms with Gasteiger partial charge in [0.1, 0.15) is 5.82 Å². The molecule has 0 aliphatic rings. The number of aromatic carboxylic acids is 1. The molecule has 1 aromatic carbocycles. The minimum absolute atomic E-state index is 0.0431. The summed E-state index contributed by atoms with van der Waals surface area (Å²) in [6.45, 7) is 0.912. The average Bonchev–Trinajstić information content (AvgIpc) is 2.46. The molecule has 0 fully saturated rings. The Balaban J connectivity index is 2.19. The molecule has 0 aliphatic heterocycles. The van der Waals surface area contributed by atoms with Crippen LogP contribution in [0.2, 0.25) is 0 Å². The molecule has 3 N–H and O–H groups in total. The van der Waals surface area contributed by atoms with Gasteiger partial charge in [-0.25, -0.2) is 9.78 Å². The summed E-state index contributed by atoms with van der Waals surface area (Å²) in [6, 6.07) is 9.15. The van der Waals surface area contributed by atoms with Crippen LogP contribution in [0.25, 0.3) is 10.8 Å². The van der Waals surface area contributed by atoms with Gasteiger partial charge < -0.3 is 15.5 Å². The number of unbranched alkanes of at least 4 members (excludes halogenated alkanes) is 2. The number of benzene rings is 1. The predicted molar refractivity (Wildman–Crippen MR) is 78.1 cm³/mol. The second-order valence-corrected chi connectivity index (χ2v) is 4.59. The molecule has 0 radical (unpaired) electrons. The molecule has 1 heterocycles. The van der Waals surface area contributed by atoms with E-state index in [1.807, 2.05) is 24.3 Å². The molecular formula is C15H18N2O3. The third kappa shape index (κ3) is 3.45. The van der Waals surface area contributed by atoms with Crippen molar-refractivity contribution >= 4 is 22.6 Å². The van der Waals surface area contributed by atoms with Crippen LogP contribution in [0.4, 0.5) is 5.82 Å². The lowest BCUT2D eigenvalue weighted by atomic mass is 10.1. The van der Waals surface area contributed by atoms with Gasteiger partial charge in [-0.3, -0.25) is 0 Å². The number of nitrogens with one attached hydrogen (secondary N) is 1. The van der Waals surface area contributed by atoms with E-state index in [9.17, 15) is 4.79 Å². The average molecular weight is 274 g/mol. The van der Waals surface area contributed by atoms with E-state index in [0.717, 1.165) is 30.0 Å². The maximum atomic E-state index is 11.1. The van der Waals surface area contributed by atoms with Crippen LogP contribution in [0.1, 0.15) is 29.8 Å². The molecule has 0 amide bonds. The summed E-state index contributed by atoms with van der Waals surface area (Å²) in [5, 5.41) is 22.8. The van der Waals surface area contributed by atoms with Gasteiger partial charge in [-0.1, -0.05) is 24.3 Å². The summed E-state index contributed by atoms with van der Waals surface area (Å²) < 4.78 is 0. The molecule has 0 atom stereocenters. The number of pyridine rings is 1. The smallest absolute Gasteiger partial charge is 0.354 e. The SMILES string of the molecule is O=C(O)c1cc2ccccc2c(NCCCCCO)n1. The van der Waals surface area contributed by atoms with Crippen molar-refractivity contribution in [2.45, 2.75) is 19.3 Å². The molecule has 0 saturated carbocycles. The second kappa shape index (κ2) is 6.86. The van der Waals surface area contributed by atoms with Gasteiger partial charge in [0.2, 0.25) is 0 Å². The quantitative estimate of drug-likeness (QED) is 0.676. The minimum Gasteiger partial charge on any atom is -0.477 e. The van der Waals surface area contributed by atoms with E-state index in [-0.39, 0.29) is 12.3 Å². The third-order valence-electron chi connectivity index (χ3n) is 3.09. The fourth-order valence-corrected chi connectivity index (χ4v) is 2.06. The summed E-state index contributed by atoms with van der Waals surface area (Å²) in [5.41, 5.74) is 0.0431. The number of carbonyl (C=O) groups is 1. The van der Waals surface area contributed by atoms with Crippen molar-refractivity contribution in [2.75, 3.05) is 18.5 Å². The van der Waals surface area contributed by atoms with E-state index in [1.54, 1.807) is 6.07 Å². The first-order valence-electron chi connectivity index (χ1n) is 6.70. The number of hydrogen-bond donors (Lipinski definition) is 3. The topological polar surface area (TPSA) is 82.5 Å². The first-order chi connectivity index (χ1) is 9.72. The number of aliphatic hydroxyl groups excluding tert-OH is 1. The highest BCUT2D eigenvalue weighted by atomic mass is 16.4. The Morgan fingerprint density at radius 3 is 2.75 bits per heavy atom. The Bertz CT molecular complexity index is 599.